The van der Waals surface area contributed by atoms with Crippen LogP contribution in [0.15, 0.2) is 0 Å². The molecule has 144 valence electrons. The highest BCUT2D eigenvalue weighted by Gasteiger charge is 2.62. The SMILES string of the molecule is C[C@]12CCC(O)C[C@@H]1CC(CCCO)[C@@H]1[C@@H]2CC[C@]2(C)C(O)CC[C@@H]12. The van der Waals surface area contributed by atoms with E-state index < -0.39 is 0 Å². The molecule has 0 spiro atoms. The second-order valence-corrected chi connectivity index (χ2v) is 10.4. The van der Waals surface area contributed by atoms with E-state index in [9.17, 15) is 15.3 Å². The van der Waals surface area contributed by atoms with Crippen LogP contribution in [0.3, 0.4) is 0 Å². The largest absolute Gasteiger partial charge is 0.396 e. The monoisotopic (exact) mass is 350 g/mol. The lowest BCUT2D eigenvalue weighted by molar-refractivity contribution is -0.158. The van der Waals surface area contributed by atoms with Crippen LogP contribution in [0.25, 0.3) is 0 Å². The van der Waals surface area contributed by atoms with Gasteiger partial charge in [-0.1, -0.05) is 13.8 Å². The molecule has 4 fully saturated rings. The van der Waals surface area contributed by atoms with Crippen LogP contribution in [-0.2, 0) is 0 Å². The van der Waals surface area contributed by atoms with E-state index >= 15 is 0 Å². The van der Waals surface area contributed by atoms with E-state index in [2.05, 4.69) is 13.8 Å². The number of hydrogen-bond donors (Lipinski definition) is 3. The lowest BCUT2D eigenvalue weighted by Crippen LogP contribution is -2.57. The van der Waals surface area contributed by atoms with E-state index in [0.29, 0.717) is 29.8 Å². The van der Waals surface area contributed by atoms with E-state index in [0.717, 1.165) is 43.9 Å². The summed E-state index contributed by atoms with van der Waals surface area (Å²) in [7, 11) is 0. The van der Waals surface area contributed by atoms with Gasteiger partial charge in [0.25, 0.3) is 0 Å². The molecule has 0 aromatic rings. The predicted molar refractivity (Wildman–Crippen MR) is 98.9 cm³/mol. The van der Waals surface area contributed by atoms with Crippen molar-refractivity contribution in [2.24, 2.45) is 40.4 Å². The van der Waals surface area contributed by atoms with Gasteiger partial charge in [0.15, 0.2) is 0 Å². The van der Waals surface area contributed by atoms with Crippen molar-refractivity contribution in [1.29, 1.82) is 0 Å². The highest BCUT2D eigenvalue weighted by molar-refractivity contribution is 5.11. The zero-order valence-electron chi connectivity index (χ0n) is 16.2. The van der Waals surface area contributed by atoms with E-state index in [1.807, 2.05) is 0 Å². The Morgan fingerprint density at radius 1 is 0.880 bits per heavy atom. The first-order valence-corrected chi connectivity index (χ1v) is 10.9. The van der Waals surface area contributed by atoms with Gasteiger partial charge in [-0.25, -0.2) is 0 Å². The summed E-state index contributed by atoms with van der Waals surface area (Å²) in [6, 6.07) is 0. The van der Waals surface area contributed by atoms with Crippen LogP contribution in [0.5, 0.6) is 0 Å². The molecule has 4 aliphatic carbocycles. The normalized spacial score (nSPS) is 55.3. The summed E-state index contributed by atoms with van der Waals surface area (Å²) >= 11 is 0. The molecule has 0 heterocycles. The summed E-state index contributed by atoms with van der Waals surface area (Å²) in [6.45, 7) is 5.17. The Morgan fingerprint density at radius 3 is 2.36 bits per heavy atom. The number of aliphatic hydroxyl groups is 3. The van der Waals surface area contributed by atoms with E-state index in [4.69, 9.17) is 0 Å². The fourth-order valence-electron chi connectivity index (χ4n) is 8.03. The lowest BCUT2D eigenvalue weighted by Gasteiger charge is -2.63. The summed E-state index contributed by atoms with van der Waals surface area (Å²) in [5, 5.41) is 30.4. The highest BCUT2D eigenvalue weighted by atomic mass is 16.3. The van der Waals surface area contributed by atoms with Crippen molar-refractivity contribution in [3.8, 4) is 0 Å². The van der Waals surface area contributed by atoms with Gasteiger partial charge in [0.05, 0.1) is 12.2 Å². The van der Waals surface area contributed by atoms with Gasteiger partial charge in [0, 0.05) is 6.61 Å². The van der Waals surface area contributed by atoms with Crippen LogP contribution in [0.1, 0.15) is 78.1 Å². The average Bonchev–Trinajstić information content (AvgIpc) is 2.89. The molecule has 9 atom stereocenters. The molecule has 0 bridgehead atoms. The minimum absolute atomic E-state index is 0.102. The summed E-state index contributed by atoms with van der Waals surface area (Å²) in [4.78, 5) is 0. The zero-order valence-corrected chi connectivity index (χ0v) is 16.2. The Kier molecular flexibility index (Phi) is 4.74. The molecule has 3 N–H and O–H groups in total. The minimum Gasteiger partial charge on any atom is -0.396 e. The predicted octanol–water partition coefficient (Wildman–Crippen LogP) is 3.75. The lowest BCUT2D eigenvalue weighted by atomic mass is 9.42. The van der Waals surface area contributed by atoms with E-state index in [-0.39, 0.29) is 17.6 Å². The van der Waals surface area contributed by atoms with Gasteiger partial charge < -0.3 is 15.3 Å². The number of aliphatic hydroxyl groups excluding tert-OH is 3. The van der Waals surface area contributed by atoms with Gasteiger partial charge in [-0.2, -0.15) is 0 Å². The third-order valence-corrected chi connectivity index (χ3v) is 9.50. The minimum atomic E-state index is -0.115. The molecule has 3 heteroatoms. The van der Waals surface area contributed by atoms with Crippen LogP contribution in [-0.4, -0.2) is 34.1 Å². The first-order chi connectivity index (χ1) is 11.9. The van der Waals surface area contributed by atoms with Crippen LogP contribution >= 0.6 is 0 Å². The number of hydrogen-bond acceptors (Lipinski definition) is 3. The number of fused-ring (bicyclic) bond motifs is 5. The molecule has 4 aliphatic rings. The maximum atomic E-state index is 10.7. The summed E-state index contributed by atoms with van der Waals surface area (Å²) < 4.78 is 0. The summed E-state index contributed by atoms with van der Waals surface area (Å²) in [5.74, 6) is 3.46. The first kappa shape index (κ1) is 18.3. The maximum Gasteiger partial charge on any atom is 0.0596 e. The topological polar surface area (TPSA) is 60.7 Å². The van der Waals surface area contributed by atoms with Gasteiger partial charge in [-0.15, -0.1) is 0 Å². The quantitative estimate of drug-likeness (QED) is 0.726. The van der Waals surface area contributed by atoms with Crippen LogP contribution in [0, 0.1) is 40.4 Å². The average molecular weight is 351 g/mol. The molecule has 0 amide bonds. The Labute approximate surface area is 153 Å². The van der Waals surface area contributed by atoms with Crippen molar-refractivity contribution in [3.63, 3.8) is 0 Å². The molecule has 4 saturated carbocycles. The van der Waals surface area contributed by atoms with Crippen LogP contribution < -0.4 is 0 Å². The third kappa shape index (κ3) is 2.72. The molecule has 3 unspecified atom stereocenters. The Morgan fingerprint density at radius 2 is 1.60 bits per heavy atom. The molecule has 0 radical (unpaired) electrons. The van der Waals surface area contributed by atoms with E-state index in [1.165, 1.54) is 32.1 Å². The molecule has 0 aliphatic heterocycles. The summed E-state index contributed by atoms with van der Waals surface area (Å²) in [5.41, 5.74) is 0.504. The fraction of sp³-hybridized carbons (Fsp3) is 1.00. The van der Waals surface area contributed by atoms with Crippen molar-refractivity contribution in [2.45, 2.75) is 90.3 Å². The van der Waals surface area contributed by atoms with Crippen molar-refractivity contribution in [3.05, 3.63) is 0 Å². The van der Waals surface area contributed by atoms with Crippen molar-refractivity contribution >= 4 is 0 Å². The van der Waals surface area contributed by atoms with Crippen molar-refractivity contribution in [2.75, 3.05) is 6.61 Å². The molecule has 0 aromatic heterocycles. The van der Waals surface area contributed by atoms with E-state index in [1.54, 1.807) is 0 Å². The standard InChI is InChI=1S/C22H38O3/c1-21-9-7-16(24)13-15(21)12-14(4-3-11-23)20-17-5-6-19(25)22(17,2)10-8-18(20)21/h14-20,23-25H,3-13H2,1-2H3/t14?,15-,16?,17-,18-,19?,20-,21-,22-/m0/s1. The van der Waals surface area contributed by atoms with Gasteiger partial charge in [-0.05, 0) is 105 Å². The molecule has 0 aromatic carbocycles. The Bertz CT molecular complexity index is 494. The fourth-order valence-corrected chi connectivity index (χ4v) is 8.03. The van der Waals surface area contributed by atoms with Crippen LogP contribution in [0.4, 0.5) is 0 Å². The Balaban J connectivity index is 1.67. The third-order valence-electron chi connectivity index (χ3n) is 9.50. The first-order valence-electron chi connectivity index (χ1n) is 10.9. The second-order valence-electron chi connectivity index (χ2n) is 10.4. The Hall–Kier alpha value is -0.120. The number of rotatable bonds is 3. The molecular weight excluding hydrogens is 312 g/mol. The highest BCUT2D eigenvalue weighted by Crippen LogP contribution is 2.68. The summed E-state index contributed by atoms with van der Waals surface area (Å²) in [6.07, 6.45) is 10.8. The second kappa shape index (κ2) is 6.49. The zero-order chi connectivity index (χ0) is 17.8. The van der Waals surface area contributed by atoms with Crippen molar-refractivity contribution in [1.82, 2.24) is 0 Å². The smallest absolute Gasteiger partial charge is 0.0596 e. The van der Waals surface area contributed by atoms with Gasteiger partial charge in [-0.3, -0.25) is 0 Å². The molecule has 3 nitrogen and oxygen atoms in total. The van der Waals surface area contributed by atoms with Gasteiger partial charge in [0.2, 0.25) is 0 Å². The molecular formula is C22H38O3. The molecule has 25 heavy (non-hydrogen) atoms. The van der Waals surface area contributed by atoms with Gasteiger partial charge in [0.1, 0.15) is 0 Å². The molecule has 0 saturated heterocycles. The maximum absolute atomic E-state index is 10.7. The van der Waals surface area contributed by atoms with Crippen LogP contribution in [0.2, 0.25) is 0 Å². The molecule has 4 rings (SSSR count). The van der Waals surface area contributed by atoms with Gasteiger partial charge >= 0.3 is 0 Å². The van der Waals surface area contributed by atoms with Crippen molar-refractivity contribution < 1.29 is 15.3 Å².